The number of nitrogens with zero attached hydrogens (tertiary/aromatic N) is 1. The van der Waals surface area contributed by atoms with E-state index in [1.54, 1.807) is 51.1 Å². The molecule has 3 aliphatic heterocycles. The van der Waals surface area contributed by atoms with Crippen molar-refractivity contribution in [2.24, 2.45) is 0 Å². The second-order valence-corrected chi connectivity index (χ2v) is 12.5. The van der Waals surface area contributed by atoms with Gasteiger partial charge in [-0.2, -0.15) is 0 Å². The van der Waals surface area contributed by atoms with Crippen molar-refractivity contribution in [3.05, 3.63) is 70.3 Å². The molecule has 0 aliphatic carbocycles. The normalized spacial score (nSPS) is 31.0. The first-order valence-electron chi connectivity index (χ1n) is 16.1. The molecule has 0 radical (unpaired) electrons. The molecule has 2 aromatic carbocycles. The zero-order chi connectivity index (χ0) is 37.0. The van der Waals surface area contributed by atoms with Gasteiger partial charge in [0.05, 0.1) is 16.6 Å². The van der Waals surface area contributed by atoms with Crippen LogP contribution in [0.1, 0.15) is 51.9 Å². The van der Waals surface area contributed by atoms with Gasteiger partial charge in [-0.3, -0.25) is 24.5 Å². The van der Waals surface area contributed by atoms with Gasteiger partial charge in [-0.25, -0.2) is 4.79 Å². The van der Waals surface area contributed by atoms with Crippen LogP contribution in [-0.2, 0) is 57.0 Å². The Morgan fingerprint density at radius 2 is 1.35 bits per heavy atom. The van der Waals surface area contributed by atoms with E-state index in [4.69, 9.17) is 47.4 Å². The van der Waals surface area contributed by atoms with E-state index in [0.717, 1.165) is 20.8 Å². The summed E-state index contributed by atoms with van der Waals surface area (Å²) >= 11 is 0. The van der Waals surface area contributed by atoms with Crippen molar-refractivity contribution in [3.63, 3.8) is 0 Å². The highest BCUT2D eigenvalue weighted by atomic mass is 16.8. The Morgan fingerprint density at radius 3 is 1.96 bits per heavy atom. The molecule has 0 saturated carbocycles. The first kappa shape index (κ1) is 37.6. The maximum atomic E-state index is 12.9. The smallest absolute Gasteiger partial charge is 0.338 e. The molecule has 5 rings (SSSR count). The monoisotopic (exact) mass is 717 g/mol. The highest BCUT2D eigenvalue weighted by Crippen LogP contribution is 2.41. The molecule has 0 unspecified atom stereocenters. The van der Waals surface area contributed by atoms with E-state index in [9.17, 15) is 29.3 Å². The Kier molecular flexibility index (Phi) is 11.6. The second kappa shape index (κ2) is 15.7. The third kappa shape index (κ3) is 9.17. The predicted molar refractivity (Wildman–Crippen MR) is 169 cm³/mol. The predicted octanol–water partition coefficient (Wildman–Crippen LogP) is 3.00. The van der Waals surface area contributed by atoms with Gasteiger partial charge in [0, 0.05) is 32.9 Å². The number of hydrogen-bond acceptors (Lipinski definition) is 16. The van der Waals surface area contributed by atoms with E-state index >= 15 is 0 Å². The number of ether oxygens (including phenoxy) is 10. The van der Waals surface area contributed by atoms with E-state index in [0.29, 0.717) is 5.56 Å². The zero-order valence-corrected chi connectivity index (χ0v) is 28.7. The Morgan fingerprint density at radius 1 is 0.765 bits per heavy atom. The van der Waals surface area contributed by atoms with Crippen molar-refractivity contribution in [3.8, 4) is 5.75 Å². The SMILES string of the molecule is CC(=O)O[C@H]1[C@H](OC(C)=O)[C@H](O[C@H]2[C@@H](Oc3ccc([N+](=O)[O-])cc3)O[C@H](COC(=O)c3ccccc3)[C@@H]3OC(C)(C)O[C@@H]32)O[C@@H](C)[C@H]1OC(C)=O. The van der Waals surface area contributed by atoms with Crippen LogP contribution in [0.15, 0.2) is 54.6 Å². The van der Waals surface area contributed by atoms with E-state index < -0.39 is 96.0 Å². The largest absolute Gasteiger partial charge is 0.462 e. The molecule has 3 aliphatic rings. The molecule has 0 aromatic heterocycles. The van der Waals surface area contributed by atoms with E-state index in [-0.39, 0.29) is 18.0 Å². The van der Waals surface area contributed by atoms with Crippen molar-refractivity contribution in [2.75, 3.05) is 6.61 Å². The Balaban J connectivity index is 1.49. The summed E-state index contributed by atoms with van der Waals surface area (Å²) < 4.78 is 59.7. The van der Waals surface area contributed by atoms with Gasteiger partial charge in [0.1, 0.15) is 30.7 Å². The molecule has 0 N–H and O–H groups in total. The molecule has 3 fully saturated rings. The van der Waals surface area contributed by atoms with Crippen LogP contribution in [0.3, 0.4) is 0 Å². The number of non-ortho nitro benzene ring substituents is 1. The summed E-state index contributed by atoms with van der Waals surface area (Å²) in [6.45, 7) is 7.98. The number of benzene rings is 2. The van der Waals surface area contributed by atoms with E-state index in [1.807, 2.05) is 0 Å². The summed E-state index contributed by atoms with van der Waals surface area (Å²) in [5.41, 5.74) is 0.121. The number of esters is 4. The van der Waals surface area contributed by atoms with Gasteiger partial charge in [-0.1, -0.05) is 18.2 Å². The number of rotatable bonds is 11. The number of hydrogen-bond donors (Lipinski definition) is 0. The minimum Gasteiger partial charge on any atom is -0.462 e. The van der Waals surface area contributed by atoms with Crippen molar-refractivity contribution < 1.29 is 71.5 Å². The van der Waals surface area contributed by atoms with Gasteiger partial charge in [0.25, 0.3) is 5.69 Å². The van der Waals surface area contributed by atoms with Crippen LogP contribution >= 0.6 is 0 Å². The first-order valence-corrected chi connectivity index (χ1v) is 16.1. The summed E-state index contributed by atoms with van der Waals surface area (Å²) in [6.07, 6.45) is -12.0. The van der Waals surface area contributed by atoms with Crippen molar-refractivity contribution in [2.45, 2.75) is 109 Å². The minimum absolute atomic E-state index is 0.137. The summed E-state index contributed by atoms with van der Waals surface area (Å²) in [5.74, 6) is -3.94. The average molecular weight is 718 g/mol. The molecule has 2 aromatic rings. The molecule has 51 heavy (non-hydrogen) atoms. The van der Waals surface area contributed by atoms with Crippen LogP contribution in [0.4, 0.5) is 5.69 Å². The lowest BCUT2D eigenvalue weighted by atomic mass is 9.97. The van der Waals surface area contributed by atoms with Gasteiger partial charge in [-0.15, -0.1) is 0 Å². The lowest BCUT2D eigenvalue weighted by Gasteiger charge is -2.47. The van der Waals surface area contributed by atoms with Crippen molar-refractivity contribution in [1.29, 1.82) is 0 Å². The lowest BCUT2D eigenvalue weighted by Crippen LogP contribution is -2.65. The van der Waals surface area contributed by atoms with Crippen molar-refractivity contribution >= 4 is 29.6 Å². The Labute approximate surface area is 292 Å². The van der Waals surface area contributed by atoms with Crippen LogP contribution in [0.25, 0.3) is 0 Å². The lowest BCUT2D eigenvalue weighted by molar-refractivity contribution is -0.384. The molecular formula is C34H39NO16. The summed E-state index contributed by atoms with van der Waals surface area (Å²) in [5, 5.41) is 11.3. The van der Waals surface area contributed by atoms with E-state index in [2.05, 4.69) is 0 Å². The van der Waals surface area contributed by atoms with Crippen LogP contribution in [0, 0.1) is 10.1 Å². The highest BCUT2D eigenvalue weighted by Gasteiger charge is 2.60. The molecule has 10 atom stereocenters. The molecule has 17 nitrogen and oxygen atoms in total. The number of carbonyl (C=O) groups excluding carboxylic acids is 4. The van der Waals surface area contributed by atoms with Crippen LogP contribution < -0.4 is 4.74 Å². The van der Waals surface area contributed by atoms with Gasteiger partial charge >= 0.3 is 23.9 Å². The number of carbonyl (C=O) groups is 4. The van der Waals surface area contributed by atoms with Crippen molar-refractivity contribution in [1.82, 2.24) is 0 Å². The molecule has 276 valence electrons. The second-order valence-electron chi connectivity index (χ2n) is 12.5. The molecule has 3 heterocycles. The first-order chi connectivity index (χ1) is 24.1. The summed E-state index contributed by atoms with van der Waals surface area (Å²) in [6, 6.07) is 13.5. The van der Waals surface area contributed by atoms with Gasteiger partial charge in [0.2, 0.25) is 6.29 Å². The molecule has 0 amide bonds. The van der Waals surface area contributed by atoms with E-state index in [1.165, 1.54) is 24.3 Å². The number of nitro groups is 1. The fourth-order valence-corrected chi connectivity index (χ4v) is 6.04. The summed E-state index contributed by atoms with van der Waals surface area (Å²) in [4.78, 5) is 60.1. The number of nitro benzene ring substituents is 1. The fourth-order valence-electron chi connectivity index (χ4n) is 6.04. The Hall–Kier alpha value is -4.68. The fraction of sp³-hybridized carbons (Fsp3) is 0.529. The third-order valence-corrected chi connectivity index (χ3v) is 8.04. The van der Waals surface area contributed by atoms with Crippen LogP contribution in [0.2, 0.25) is 0 Å². The highest BCUT2D eigenvalue weighted by molar-refractivity contribution is 5.89. The topological polar surface area (TPSA) is 204 Å². The Bertz CT molecular complexity index is 1580. The van der Waals surface area contributed by atoms with Crippen LogP contribution in [-0.4, -0.2) is 103 Å². The third-order valence-electron chi connectivity index (χ3n) is 8.04. The van der Waals surface area contributed by atoms with Crippen LogP contribution in [0.5, 0.6) is 5.75 Å². The zero-order valence-electron chi connectivity index (χ0n) is 28.7. The number of fused-ring (bicyclic) bond motifs is 1. The van der Waals surface area contributed by atoms with Gasteiger partial charge < -0.3 is 47.4 Å². The maximum Gasteiger partial charge on any atom is 0.338 e. The molecule has 0 spiro atoms. The molecule has 17 heteroatoms. The summed E-state index contributed by atoms with van der Waals surface area (Å²) in [7, 11) is 0. The standard InChI is InChI=1S/C34H39NO16/c1-17-25(44-18(2)36)27(45-19(3)37)29(46-20(4)38)32(43-17)49-30-28-26(50-34(5,6)51-28)24(16-42-31(39)21-10-8-7-9-11-21)48-33(30)47-23-14-12-22(13-15-23)35(40)41/h7-15,17,24-30,32-33H,16H2,1-6H3/t17-,24+,25+,26-,27+,28-,29-,30+,32-,33-/m0/s1. The minimum atomic E-state index is -1.49. The molecule has 3 saturated heterocycles. The quantitative estimate of drug-likeness (QED) is 0.142. The average Bonchev–Trinajstić information content (AvgIpc) is 3.39. The van der Waals surface area contributed by atoms with Gasteiger partial charge in [0.15, 0.2) is 36.5 Å². The maximum absolute atomic E-state index is 12.9. The molecule has 0 bridgehead atoms. The molecular weight excluding hydrogens is 678 g/mol. The van der Waals surface area contributed by atoms with Gasteiger partial charge in [-0.05, 0) is 45.0 Å².